The average Bonchev–Trinajstić information content (AvgIpc) is 3.12. The van der Waals surface area contributed by atoms with Crippen LogP contribution in [0.2, 0.25) is 0 Å². The van der Waals surface area contributed by atoms with Crippen LogP contribution in [0.1, 0.15) is 0 Å². The van der Waals surface area contributed by atoms with Gasteiger partial charge in [-0.2, -0.15) is 5.10 Å². The molecule has 0 atom stereocenters. The summed E-state index contributed by atoms with van der Waals surface area (Å²) >= 11 is 0. The van der Waals surface area contributed by atoms with E-state index in [1.54, 1.807) is 6.20 Å². The summed E-state index contributed by atoms with van der Waals surface area (Å²) in [5, 5.41) is 8.04. The van der Waals surface area contributed by atoms with Crippen LogP contribution in [-0.2, 0) is 0 Å². The van der Waals surface area contributed by atoms with Crippen LogP contribution in [0.25, 0.3) is 22.2 Å². The van der Waals surface area contributed by atoms with Crippen LogP contribution in [-0.4, -0.2) is 71.4 Å². The quantitative estimate of drug-likeness (QED) is 0.774. The van der Waals surface area contributed by atoms with Crippen LogP contribution in [0, 0.1) is 0 Å². The standard InChI is InChI=1S/C19H23N5O/c1-23-6-8-24(9-7-23)10-11-25-17-4-2-15(3-5-17)18-12-19-16(13-20-18)14-21-22-19/h2-5,12-14H,6-11H2,1H3,(H,21,22). The molecule has 6 heteroatoms. The number of hydrogen-bond acceptors (Lipinski definition) is 5. The average molecular weight is 337 g/mol. The number of hydrogen-bond donors (Lipinski definition) is 1. The largest absolute Gasteiger partial charge is 0.492 e. The van der Waals surface area contributed by atoms with E-state index in [1.165, 1.54) is 0 Å². The van der Waals surface area contributed by atoms with Gasteiger partial charge in [-0.15, -0.1) is 0 Å². The minimum absolute atomic E-state index is 0.724. The van der Waals surface area contributed by atoms with Gasteiger partial charge in [-0.1, -0.05) is 0 Å². The number of pyridine rings is 1. The summed E-state index contributed by atoms with van der Waals surface area (Å²) in [4.78, 5) is 9.32. The Hall–Kier alpha value is -2.44. The van der Waals surface area contributed by atoms with Crippen molar-refractivity contribution in [3.63, 3.8) is 0 Å². The number of H-pyrrole nitrogens is 1. The number of benzene rings is 1. The number of aromatic amines is 1. The lowest BCUT2D eigenvalue weighted by atomic mass is 10.1. The molecule has 0 aliphatic carbocycles. The van der Waals surface area contributed by atoms with Crippen molar-refractivity contribution in [2.45, 2.75) is 0 Å². The van der Waals surface area contributed by atoms with Gasteiger partial charge in [-0.3, -0.25) is 15.0 Å². The van der Waals surface area contributed by atoms with E-state index in [9.17, 15) is 0 Å². The normalized spacial score (nSPS) is 16.4. The van der Waals surface area contributed by atoms with Crippen molar-refractivity contribution in [2.24, 2.45) is 0 Å². The van der Waals surface area contributed by atoms with E-state index < -0.39 is 0 Å². The van der Waals surface area contributed by atoms with Crippen molar-refractivity contribution in [2.75, 3.05) is 46.4 Å². The summed E-state index contributed by atoms with van der Waals surface area (Å²) in [6.45, 7) is 6.24. The second-order valence-corrected chi connectivity index (χ2v) is 6.54. The highest BCUT2D eigenvalue weighted by atomic mass is 16.5. The summed E-state index contributed by atoms with van der Waals surface area (Å²) in [6, 6.07) is 10.1. The molecule has 0 amide bonds. The number of likely N-dealkylation sites (N-methyl/N-ethyl adjacent to an activating group) is 1. The van der Waals surface area contributed by atoms with E-state index in [2.05, 4.69) is 44.2 Å². The Morgan fingerprint density at radius 1 is 1.08 bits per heavy atom. The first-order valence-corrected chi connectivity index (χ1v) is 8.71. The molecule has 1 N–H and O–H groups in total. The Labute approximate surface area is 147 Å². The first kappa shape index (κ1) is 16.1. The summed E-state index contributed by atoms with van der Waals surface area (Å²) in [5.74, 6) is 0.903. The molecular weight excluding hydrogens is 314 g/mol. The van der Waals surface area contributed by atoms with E-state index in [1.807, 2.05) is 24.4 Å². The zero-order valence-electron chi connectivity index (χ0n) is 14.5. The molecule has 1 aromatic carbocycles. The second-order valence-electron chi connectivity index (χ2n) is 6.54. The maximum atomic E-state index is 5.89. The van der Waals surface area contributed by atoms with Crippen LogP contribution in [0.4, 0.5) is 0 Å². The molecule has 1 aliphatic heterocycles. The number of fused-ring (bicyclic) bond motifs is 1. The fraction of sp³-hybridized carbons (Fsp3) is 0.368. The van der Waals surface area contributed by atoms with Gasteiger partial charge in [-0.25, -0.2) is 0 Å². The number of ether oxygens (including phenoxy) is 1. The third-order valence-electron chi connectivity index (χ3n) is 4.75. The van der Waals surface area contributed by atoms with Crippen molar-refractivity contribution in [3.8, 4) is 17.0 Å². The lowest BCUT2D eigenvalue weighted by molar-refractivity contribution is 0.134. The molecule has 3 heterocycles. The third-order valence-corrected chi connectivity index (χ3v) is 4.75. The molecule has 0 spiro atoms. The van der Waals surface area contributed by atoms with Crippen LogP contribution in [0.5, 0.6) is 5.75 Å². The molecular formula is C19H23N5O. The van der Waals surface area contributed by atoms with Crippen LogP contribution in [0.3, 0.4) is 0 Å². The van der Waals surface area contributed by atoms with Crippen molar-refractivity contribution < 1.29 is 4.74 Å². The molecule has 0 bridgehead atoms. The van der Waals surface area contributed by atoms with Crippen LogP contribution in [0.15, 0.2) is 42.7 Å². The highest BCUT2D eigenvalue weighted by Crippen LogP contribution is 2.23. The van der Waals surface area contributed by atoms with Crippen molar-refractivity contribution in [1.82, 2.24) is 25.0 Å². The zero-order chi connectivity index (χ0) is 17.1. The van der Waals surface area contributed by atoms with Gasteiger partial charge >= 0.3 is 0 Å². The molecule has 0 radical (unpaired) electrons. The van der Waals surface area contributed by atoms with Gasteiger partial charge in [0.1, 0.15) is 12.4 Å². The van der Waals surface area contributed by atoms with Crippen LogP contribution < -0.4 is 4.74 Å². The lowest BCUT2D eigenvalue weighted by Crippen LogP contribution is -2.45. The molecule has 6 nitrogen and oxygen atoms in total. The first-order chi connectivity index (χ1) is 12.3. The molecule has 1 saturated heterocycles. The van der Waals surface area contributed by atoms with Crippen molar-refractivity contribution in [3.05, 3.63) is 42.7 Å². The van der Waals surface area contributed by atoms with E-state index in [-0.39, 0.29) is 0 Å². The first-order valence-electron chi connectivity index (χ1n) is 8.71. The maximum Gasteiger partial charge on any atom is 0.119 e. The minimum atomic E-state index is 0.724. The van der Waals surface area contributed by atoms with Crippen molar-refractivity contribution in [1.29, 1.82) is 0 Å². The zero-order valence-corrected chi connectivity index (χ0v) is 14.5. The molecule has 0 saturated carbocycles. The topological polar surface area (TPSA) is 57.3 Å². The SMILES string of the molecule is CN1CCN(CCOc2ccc(-c3cc4[nH]ncc4cn3)cc2)CC1. The Morgan fingerprint density at radius 3 is 2.68 bits per heavy atom. The van der Waals surface area contributed by atoms with Gasteiger partial charge in [-0.05, 0) is 37.4 Å². The van der Waals surface area contributed by atoms with E-state index >= 15 is 0 Å². The molecule has 2 aromatic heterocycles. The predicted molar refractivity (Wildman–Crippen MR) is 98.8 cm³/mol. The fourth-order valence-electron chi connectivity index (χ4n) is 3.08. The Bertz CT molecular complexity index is 821. The molecule has 0 unspecified atom stereocenters. The Balaban J connectivity index is 1.33. The molecule has 3 aromatic rings. The van der Waals surface area contributed by atoms with Crippen molar-refractivity contribution >= 4 is 10.9 Å². The Kier molecular flexibility index (Phi) is 4.63. The summed E-state index contributed by atoms with van der Waals surface area (Å²) in [7, 11) is 2.17. The maximum absolute atomic E-state index is 5.89. The number of piperazine rings is 1. The second kappa shape index (κ2) is 7.21. The number of nitrogens with one attached hydrogen (secondary N) is 1. The molecule has 1 fully saturated rings. The highest BCUT2D eigenvalue weighted by Gasteiger charge is 2.13. The summed E-state index contributed by atoms with van der Waals surface area (Å²) in [5.41, 5.74) is 3.00. The van der Waals surface area contributed by atoms with Gasteiger partial charge < -0.3 is 9.64 Å². The van der Waals surface area contributed by atoms with E-state index in [4.69, 9.17) is 4.74 Å². The smallest absolute Gasteiger partial charge is 0.119 e. The predicted octanol–water partition coefficient (Wildman–Crippen LogP) is 2.25. The Morgan fingerprint density at radius 2 is 1.88 bits per heavy atom. The number of nitrogens with zero attached hydrogens (tertiary/aromatic N) is 4. The van der Waals surface area contributed by atoms with E-state index in [0.717, 1.165) is 67.2 Å². The van der Waals surface area contributed by atoms with Gasteiger partial charge in [0, 0.05) is 49.9 Å². The molecule has 4 rings (SSSR count). The minimum Gasteiger partial charge on any atom is -0.492 e. The fourth-order valence-corrected chi connectivity index (χ4v) is 3.08. The highest BCUT2D eigenvalue weighted by molar-refractivity contribution is 5.81. The van der Waals surface area contributed by atoms with Gasteiger partial charge in [0.25, 0.3) is 0 Å². The summed E-state index contributed by atoms with van der Waals surface area (Å²) < 4.78 is 5.89. The number of rotatable bonds is 5. The molecule has 25 heavy (non-hydrogen) atoms. The number of aromatic nitrogens is 3. The molecule has 1 aliphatic rings. The van der Waals surface area contributed by atoms with E-state index in [0.29, 0.717) is 0 Å². The summed E-state index contributed by atoms with van der Waals surface area (Å²) in [6.07, 6.45) is 3.62. The van der Waals surface area contributed by atoms with Gasteiger partial charge in [0.2, 0.25) is 0 Å². The third kappa shape index (κ3) is 3.81. The van der Waals surface area contributed by atoms with Crippen LogP contribution >= 0.6 is 0 Å². The van der Waals surface area contributed by atoms with Gasteiger partial charge in [0.05, 0.1) is 17.4 Å². The molecule has 130 valence electrons. The monoisotopic (exact) mass is 337 g/mol. The van der Waals surface area contributed by atoms with Gasteiger partial charge in [0.15, 0.2) is 0 Å². The lowest BCUT2D eigenvalue weighted by Gasteiger charge is -2.32.